The van der Waals surface area contributed by atoms with E-state index in [1.807, 2.05) is 35.9 Å². The Labute approximate surface area is 175 Å². The van der Waals surface area contributed by atoms with Gasteiger partial charge in [0.2, 0.25) is 0 Å². The summed E-state index contributed by atoms with van der Waals surface area (Å²) in [4.78, 5) is 1.25. The fourth-order valence-corrected chi connectivity index (χ4v) is 5.45. The average Bonchev–Trinajstić information content (AvgIpc) is 3.14. The van der Waals surface area contributed by atoms with Gasteiger partial charge in [-0.2, -0.15) is 0 Å². The summed E-state index contributed by atoms with van der Waals surface area (Å²) in [5, 5.41) is 8.67. The number of anilines is 1. The quantitative estimate of drug-likeness (QED) is 0.609. The van der Waals surface area contributed by atoms with E-state index in [0.717, 1.165) is 10.1 Å². The Kier molecular flexibility index (Phi) is 5.91. The Bertz CT molecular complexity index is 1050. The Morgan fingerprint density at radius 2 is 1.69 bits per heavy atom. The van der Waals surface area contributed by atoms with E-state index in [1.165, 1.54) is 49.4 Å². The minimum atomic E-state index is -3.61. The predicted octanol–water partition coefficient (Wildman–Crippen LogP) is 4.81. The number of sulfonamides is 1. The molecular formula is C21H24N4O2S2. The number of hydrogen-bond donors (Lipinski definition) is 1. The van der Waals surface area contributed by atoms with Gasteiger partial charge in [0.25, 0.3) is 10.0 Å². The lowest BCUT2D eigenvalue weighted by atomic mass is 9.84. The van der Waals surface area contributed by atoms with E-state index < -0.39 is 10.0 Å². The lowest BCUT2D eigenvalue weighted by molar-refractivity contribution is 0.443. The highest BCUT2D eigenvalue weighted by molar-refractivity contribution is 7.99. The number of benzene rings is 2. The molecule has 0 bridgehead atoms. The van der Waals surface area contributed by atoms with Gasteiger partial charge >= 0.3 is 0 Å². The average molecular weight is 429 g/mol. The molecule has 0 radical (unpaired) electrons. The van der Waals surface area contributed by atoms with Crippen LogP contribution in [-0.4, -0.2) is 23.2 Å². The number of aromatic nitrogens is 3. The molecule has 29 heavy (non-hydrogen) atoms. The van der Waals surface area contributed by atoms with Crippen molar-refractivity contribution in [3.8, 4) is 0 Å². The van der Waals surface area contributed by atoms with E-state index in [9.17, 15) is 8.42 Å². The summed E-state index contributed by atoms with van der Waals surface area (Å²) in [6.07, 6.45) is 7.87. The first kappa shape index (κ1) is 20.0. The minimum absolute atomic E-state index is 0.287. The summed E-state index contributed by atoms with van der Waals surface area (Å²) in [6.45, 7) is 0. The third-order valence-corrected chi connectivity index (χ3v) is 7.71. The largest absolute Gasteiger partial charge is 0.311 e. The lowest BCUT2D eigenvalue weighted by Gasteiger charge is -2.22. The topological polar surface area (TPSA) is 76.9 Å². The Balaban J connectivity index is 1.43. The van der Waals surface area contributed by atoms with Gasteiger partial charge in [-0.25, -0.2) is 8.42 Å². The van der Waals surface area contributed by atoms with Gasteiger partial charge in [0, 0.05) is 17.6 Å². The van der Waals surface area contributed by atoms with Gasteiger partial charge < -0.3 is 4.57 Å². The second-order valence-corrected chi connectivity index (χ2v) is 10.1. The number of aryl methyl sites for hydroxylation is 1. The number of nitrogens with one attached hydrogen (secondary N) is 1. The molecule has 4 rings (SSSR count). The van der Waals surface area contributed by atoms with Crippen molar-refractivity contribution in [2.45, 2.75) is 53.0 Å². The molecule has 6 nitrogen and oxygen atoms in total. The maximum absolute atomic E-state index is 12.7. The zero-order valence-corrected chi connectivity index (χ0v) is 17.9. The van der Waals surface area contributed by atoms with Crippen molar-refractivity contribution in [2.75, 3.05) is 4.72 Å². The molecule has 0 unspecified atom stereocenters. The number of nitrogens with zero attached hydrogens (tertiary/aromatic N) is 3. The fourth-order valence-electron chi connectivity index (χ4n) is 3.63. The molecule has 0 spiro atoms. The molecular weight excluding hydrogens is 404 g/mol. The van der Waals surface area contributed by atoms with Crippen LogP contribution in [0.4, 0.5) is 5.69 Å². The van der Waals surface area contributed by atoms with Crippen LogP contribution in [0.3, 0.4) is 0 Å². The van der Waals surface area contributed by atoms with Crippen LogP contribution in [0.5, 0.6) is 0 Å². The summed E-state index contributed by atoms with van der Waals surface area (Å²) in [6, 6.07) is 14.6. The van der Waals surface area contributed by atoms with Crippen molar-refractivity contribution in [2.24, 2.45) is 7.05 Å². The fraction of sp³-hybridized carbons (Fsp3) is 0.333. The monoisotopic (exact) mass is 428 g/mol. The molecule has 1 aliphatic rings. The molecule has 0 atom stereocenters. The third-order valence-electron chi connectivity index (χ3n) is 5.25. The Morgan fingerprint density at radius 3 is 2.31 bits per heavy atom. The van der Waals surface area contributed by atoms with Crippen LogP contribution in [0.15, 0.2) is 69.8 Å². The van der Waals surface area contributed by atoms with Crippen molar-refractivity contribution in [1.82, 2.24) is 14.8 Å². The highest BCUT2D eigenvalue weighted by Crippen LogP contribution is 2.33. The molecule has 1 heterocycles. The number of hydrogen-bond acceptors (Lipinski definition) is 5. The molecule has 0 amide bonds. The van der Waals surface area contributed by atoms with Crippen molar-refractivity contribution < 1.29 is 8.42 Å². The molecule has 152 valence electrons. The Morgan fingerprint density at radius 1 is 1.00 bits per heavy atom. The van der Waals surface area contributed by atoms with Crippen LogP contribution in [0.25, 0.3) is 0 Å². The van der Waals surface area contributed by atoms with Crippen LogP contribution in [0, 0.1) is 0 Å². The molecule has 1 saturated carbocycles. The van der Waals surface area contributed by atoms with Gasteiger partial charge in [-0.3, -0.25) is 4.72 Å². The summed E-state index contributed by atoms with van der Waals surface area (Å²) >= 11 is 1.47. The standard InChI is InChI=1S/C21H24N4O2S2/c1-25-15-22-23-21(25)28-19-11-9-18(10-12-19)24-29(26,27)20-13-7-17(8-14-20)16-5-3-2-4-6-16/h7-16,24H,2-6H2,1H3. The van der Waals surface area contributed by atoms with E-state index in [-0.39, 0.29) is 4.90 Å². The molecule has 0 aliphatic heterocycles. The lowest BCUT2D eigenvalue weighted by Crippen LogP contribution is -2.13. The van der Waals surface area contributed by atoms with Gasteiger partial charge in [-0.05, 0) is 72.5 Å². The SMILES string of the molecule is Cn1cnnc1Sc1ccc(NS(=O)(=O)c2ccc(C3CCCCC3)cc2)cc1. The first-order valence-electron chi connectivity index (χ1n) is 9.76. The molecule has 0 saturated heterocycles. The van der Waals surface area contributed by atoms with Gasteiger partial charge in [-0.1, -0.05) is 31.4 Å². The highest BCUT2D eigenvalue weighted by Gasteiger charge is 2.18. The van der Waals surface area contributed by atoms with Crippen LogP contribution in [0.1, 0.15) is 43.6 Å². The van der Waals surface area contributed by atoms with Crippen LogP contribution in [-0.2, 0) is 17.1 Å². The van der Waals surface area contributed by atoms with Gasteiger partial charge in [-0.15, -0.1) is 10.2 Å². The maximum atomic E-state index is 12.7. The van der Waals surface area contributed by atoms with Crippen molar-refractivity contribution >= 4 is 27.5 Å². The predicted molar refractivity (Wildman–Crippen MR) is 115 cm³/mol. The van der Waals surface area contributed by atoms with Gasteiger partial charge in [0.1, 0.15) is 6.33 Å². The second kappa shape index (κ2) is 8.59. The van der Waals surface area contributed by atoms with Crippen molar-refractivity contribution in [3.05, 3.63) is 60.4 Å². The van der Waals surface area contributed by atoms with E-state index in [2.05, 4.69) is 14.9 Å². The third kappa shape index (κ3) is 4.82. The maximum Gasteiger partial charge on any atom is 0.261 e. The summed E-state index contributed by atoms with van der Waals surface area (Å²) in [5.41, 5.74) is 1.78. The van der Waals surface area contributed by atoms with Crippen molar-refractivity contribution in [3.63, 3.8) is 0 Å². The van der Waals surface area contributed by atoms with Crippen LogP contribution >= 0.6 is 11.8 Å². The molecule has 2 aromatic carbocycles. The van der Waals surface area contributed by atoms with Gasteiger partial charge in [0.05, 0.1) is 4.90 Å². The molecule has 8 heteroatoms. The summed E-state index contributed by atoms with van der Waals surface area (Å²) in [7, 11) is -1.73. The number of rotatable bonds is 6. The first-order chi connectivity index (χ1) is 14.0. The first-order valence-corrected chi connectivity index (χ1v) is 12.1. The van der Waals surface area contributed by atoms with Gasteiger partial charge in [0.15, 0.2) is 5.16 Å². The molecule has 3 aromatic rings. The smallest absolute Gasteiger partial charge is 0.261 e. The molecule has 1 aliphatic carbocycles. The van der Waals surface area contributed by atoms with E-state index >= 15 is 0 Å². The van der Waals surface area contributed by atoms with E-state index in [0.29, 0.717) is 11.6 Å². The summed E-state index contributed by atoms with van der Waals surface area (Å²) < 4.78 is 30.0. The normalized spacial score (nSPS) is 15.3. The Hall–Kier alpha value is -2.32. The summed E-state index contributed by atoms with van der Waals surface area (Å²) in [5.74, 6) is 0.562. The van der Waals surface area contributed by atoms with E-state index in [1.54, 1.807) is 30.6 Å². The molecule has 1 aromatic heterocycles. The highest BCUT2D eigenvalue weighted by atomic mass is 32.2. The van der Waals surface area contributed by atoms with Crippen LogP contribution < -0.4 is 4.72 Å². The zero-order chi connectivity index (χ0) is 20.3. The van der Waals surface area contributed by atoms with E-state index in [4.69, 9.17) is 0 Å². The van der Waals surface area contributed by atoms with Crippen LogP contribution in [0.2, 0.25) is 0 Å². The molecule has 1 fully saturated rings. The van der Waals surface area contributed by atoms with Crippen molar-refractivity contribution in [1.29, 1.82) is 0 Å². The minimum Gasteiger partial charge on any atom is -0.311 e. The molecule has 1 N–H and O–H groups in total. The second-order valence-electron chi connectivity index (χ2n) is 7.36. The zero-order valence-electron chi connectivity index (χ0n) is 16.3.